The first-order chi connectivity index (χ1) is 23.5. The first-order valence-corrected chi connectivity index (χ1v) is 21.1. The van der Waals surface area contributed by atoms with Crippen molar-refractivity contribution < 1.29 is 19.1 Å². The minimum atomic E-state index is -0.187. The largest absolute Gasteiger partial charge is 0.492 e. The van der Waals surface area contributed by atoms with Gasteiger partial charge in [0.2, 0.25) is 0 Å². The van der Waals surface area contributed by atoms with Crippen molar-refractivity contribution >= 4 is 43.4 Å². The van der Waals surface area contributed by atoms with Gasteiger partial charge in [0.15, 0.2) is 11.6 Å². The zero-order valence-corrected chi connectivity index (χ0v) is 33.3. The highest BCUT2D eigenvalue weighted by Gasteiger charge is 2.36. The second-order valence-electron chi connectivity index (χ2n) is 13.7. The molecule has 0 bridgehead atoms. The van der Waals surface area contributed by atoms with Gasteiger partial charge in [-0.3, -0.25) is 9.59 Å². The van der Waals surface area contributed by atoms with Crippen molar-refractivity contribution in [2.24, 2.45) is 0 Å². The van der Waals surface area contributed by atoms with E-state index in [0.29, 0.717) is 55.9 Å². The van der Waals surface area contributed by atoms with Gasteiger partial charge in [-0.2, -0.15) is 0 Å². The number of ketones is 2. The fourth-order valence-corrected chi connectivity index (χ4v) is 7.62. The molecule has 0 saturated heterocycles. The Morgan fingerprint density at radius 1 is 0.417 bits per heavy atom. The maximum absolute atomic E-state index is 13.9. The third-order valence-electron chi connectivity index (χ3n) is 9.65. The number of benzene rings is 2. The van der Waals surface area contributed by atoms with Crippen LogP contribution in [-0.4, -0.2) is 24.8 Å². The molecule has 0 saturated carbocycles. The standard InChI is InChI=1S/C42H62Br2O4/c1-3-5-7-9-11-13-15-17-19-21-23-25-31-47-41-35(43)29-27-33-37(41)39(45)34-28-30-36(44)42(38(34)40(33)46)48-32-26-24-22-20-18-16-14-12-10-8-6-4-2/h27-30H,3-26,31-32H2,1-2H3. The van der Waals surface area contributed by atoms with Crippen LogP contribution in [0.5, 0.6) is 11.5 Å². The molecule has 1 aliphatic carbocycles. The molecule has 4 nitrogen and oxygen atoms in total. The Morgan fingerprint density at radius 2 is 0.688 bits per heavy atom. The number of rotatable bonds is 28. The van der Waals surface area contributed by atoms with Crippen LogP contribution in [0.3, 0.4) is 0 Å². The average Bonchev–Trinajstić information content (AvgIpc) is 3.08. The molecule has 0 aliphatic heterocycles. The smallest absolute Gasteiger partial charge is 0.198 e. The molecule has 6 heteroatoms. The predicted molar refractivity (Wildman–Crippen MR) is 208 cm³/mol. The number of carbonyl (C=O) groups excluding carboxylic acids is 2. The van der Waals surface area contributed by atoms with Gasteiger partial charge in [-0.05, 0) is 69.0 Å². The maximum atomic E-state index is 13.9. The summed E-state index contributed by atoms with van der Waals surface area (Å²) in [4.78, 5) is 27.8. The molecule has 0 radical (unpaired) electrons. The minimum absolute atomic E-state index is 0.187. The van der Waals surface area contributed by atoms with Crippen LogP contribution in [0.4, 0.5) is 0 Å². The molecule has 48 heavy (non-hydrogen) atoms. The van der Waals surface area contributed by atoms with E-state index in [-0.39, 0.29) is 11.6 Å². The van der Waals surface area contributed by atoms with E-state index in [1.54, 1.807) is 12.1 Å². The second-order valence-corrected chi connectivity index (χ2v) is 15.4. The van der Waals surface area contributed by atoms with Gasteiger partial charge in [-0.25, -0.2) is 0 Å². The topological polar surface area (TPSA) is 52.6 Å². The number of hydrogen-bond donors (Lipinski definition) is 0. The molecule has 0 atom stereocenters. The SMILES string of the molecule is CCCCCCCCCCCCCCOc1c(Br)ccc2c1C(=O)c1ccc(Br)c(OCCCCCCCCCCCCCC)c1C2=O. The van der Waals surface area contributed by atoms with Crippen LogP contribution in [-0.2, 0) is 0 Å². The summed E-state index contributed by atoms with van der Waals surface area (Å²) in [5, 5.41) is 0. The quantitative estimate of drug-likeness (QED) is 0.0688. The molecule has 0 unspecified atom stereocenters. The minimum Gasteiger partial charge on any atom is -0.492 e. The summed E-state index contributed by atoms with van der Waals surface area (Å²) in [5.74, 6) is 0.574. The molecule has 0 spiro atoms. The Bertz CT molecular complexity index is 1150. The Hall–Kier alpha value is -1.66. The second kappa shape index (κ2) is 24.5. The van der Waals surface area contributed by atoms with Crippen molar-refractivity contribution in [2.75, 3.05) is 13.2 Å². The number of hydrogen-bond acceptors (Lipinski definition) is 4. The summed E-state index contributed by atoms with van der Waals surface area (Å²) >= 11 is 7.18. The first kappa shape index (κ1) is 40.8. The van der Waals surface area contributed by atoms with Crippen LogP contribution < -0.4 is 9.47 Å². The summed E-state index contributed by atoms with van der Waals surface area (Å²) in [6.07, 6.45) is 30.7. The third-order valence-corrected chi connectivity index (χ3v) is 10.9. The van der Waals surface area contributed by atoms with Crippen molar-refractivity contribution in [1.29, 1.82) is 0 Å². The molecule has 0 aromatic heterocycles. The van der Waals surface area contributed by atoms with Gasteiger partial charge in [-0.15, -0.1) is 0 Å². The van der Waals surface area contributed by atoms with E-state index in [1.807, 2.05) is 12.1 Å². The Balaban J connectivity index is 1.44. The van der Waals surface area contributed by atoms with Crippen molar-refractivity contribution in [3.05, 3.63) is 55.5 Å². The van der Waals surface area contributed by atoms with E-state index in [0.717, 1.165) is 25.7 Å². The molecule has 1 aliphatic rings. The fraction of sp³-hybridized carbons (Fsp3) is 0.667. The number of unbranched alkanes of at least 4 members (excludes halogenated alkanes) is 22. The van der Waals surface area contributed by atoms with Gasteiger partial charge in [0, 0.05) is 11.1 Å². The molecule has 268 valence electrons. The first-order valence-electron chi connectivity index (χ1n) is 19.5. The fourth-order valence-electron chi connectivity index (χ4n) is 6.73. The summed E-state index contributed by atoms with van der Waals surface area (Å²) in [5.41, 5.74) is 1.48. The lowest BCUT2D eigenvalue weighted by Crippen LogP contribution is -2.23. The average molecular weight is 791 g/mol. The van der Waals surface area contributed by atoms with Crippen LogP contribution in [0.25, 0.3) is 0 Å². The molecule has 2 aromatic rings. The molecule has 0 heterocycles. The van der Waals surface area contributed by atoms with E-state index in [4.69, 9.17) is 9.47 Å². The number of carbonyl (C=O) groups is 2. The molecular weight excluding hydrogens is 728 g/mol. The number of ether oxygens (including phenoxy) is 2. The van der Waals surface area contributed by atoms with Gasteiger partial charge in [0.05, 0.1) is 33.3 Å². The van der Waals surface area contributed by atoms with Crippen LogP contribution in [0.15, 0.2) is 33.2 Å². The van der Waals surface area contributed by atoms with Crippen LogP contribution in [0.1, 0.15) is 200 Å². The molecule has 3 rings (SSSR count). The van der Waals surface area contributed by atoms with Crippen LogP contribution >= 0.6 is 31.9 Å². The van der Waals surface area contributed by atoms with Crippen LogP contribution in [0, 0.1) is 0 Å². The molecule has 0 N–H and O–H groups in total. The molecule has 0 fully saturated rings. The van der Waals surface area contributed by atoms with Crippen molar-refractivity contribution in [2.45, 2.75) is 168 Å². The van der Waals surface area contributed by atoms with Crippen molar-refractivity contribution in [3.63, 3.8) is 0 Å². The summed E-state index contributed by atoms with van der Waals surface area (Å²) in [7, 11) is 0. The normalized spacial score (nSPS) is 12.3. The lowest BCUT2D eigenvalue weighted by Gasteiger charge is -2.23. The summed E-state index contributed by atoms with van der Waals surface area (Å²) < 4.78 is 13.8. The van der Waals surface area contributed by atoms with E-state index in [9.17, 15) is 9.59 Å². The van der Waals surface area contributed by atoms with Gasteiger partial charge in [0.1, 0.15) is 11.5 Å². The monoisotopic (exact) mass is 788 g/mol. The highest BCUT2D eigenvalue weighted by Crippen LogP contribution is 2.43. The highest BCUT2D eigenvalue weighted by molar-refractivity contribution is 9.11. The Morgan fingerprint density at radius 3 is 0.979 bits per heavy atom. The van der Waals surface area contributed by atoms with E-state index >= 15 is 0 Å². The van der Waals surface area contributed by atoms with E-state index < -0.39 is 0 Å². The van der Waals surface area contributed by atoms with Crippen LogP contribution in [0.2, 0.25) is 0 Å². The van der Waals surface area contributed by atoms with Crippen molar-refractivity contribution in [1.82, 2.24) is 0 Å². The van der Waals surface area contributed by atoms with Gasteiger partial charge < -0.3 is 9.47 Å². The molecular formula is C42H62Br2O4. The zero-order chi connectivity index (χ0) is 34.4. The number of halogens is 2. The van der Waals surface area contributed by atoms with E-state index in [1.165, 1.54) is 128 Å². The van der Waals surface area contributed by atoms with E-state index in [2.05, 4.69) is 45.7 Å². The summed E-state index contributed by atoms with van der Waals surface area (Å²) in [6, 6.07) is 7.10. The predicted octanol–water partition coefficient (Wildman–Crippen LogP) is 14.1. The number of fused-ring (bicyclic) bond motifs is 2. The third kappa shape index (κ3) is 13.6. The summed E-state index contributed by atoms with van der Waals surface area (Å²) in [6.45, 7) is 5.58. The molecule has 2 aromatic carbocycles. The van der Waals surface area contributed by atoms with Gasteiger partial charge in [-0.1, -0.05) is 155 Å². The Kier molecular flexibility index (Phi) is 20.8. The van der Waals surface area contributed by atoms with Gasteiger partial charge >= 0.3 is 0 Å². The highest BCUT2D eigenvalue weighted by atomic mass is 79.9. The Labute approximate surface area is 309 Å². The zero-order valence-electron chi connectivity index (χ0n) is 30.1. The molecule has 0 amide bonds. The lowest BCUT2D eigenvalue weighted by molar-refractivity contribution is 0.0971. The maximum Gasteiger partial charge on any atom is 0.198 e. The van der Waals surface area contributed by atoms with Crippen molar-refractivity contribution in [3.8, 4) is 11.5 Å². The van der Waals surface area contributed by atoms with Gasteiger partial charge in [0.25, 0.3) is 0 Å². The lowest BCUT2D eigenvalue weighted by atomic mass is 9.83.